The first-order valence-electron chi connectivity index (χ1n) is 49.0. The van der Waals surface area contributed by atoms with E-state index in [0.717, 1.165) is 84.7 Å². The van der Waals surface area contributed by atoms with Gasteiger partial charge >= 0.3 is 0 Å². The Balaban J connectivity index is 0.000000133. The molecule has 10 heterocycles. The van der Waals surface area contributed by atoms with Gasteiger partial charge < -0.3 is 125 Å². The number of anilines is 10. The molecule has 0 aromatic heterocycles. The molecular weight excluding hydrogens is 1910 g/mol. The van der Waals surface area contributed by atoms with Crippen molar-refractivity contribution in [1.29, 1.82) is 10.8 Å². The number of aliphatic imine (C=N–C) groups is 3. The number of carbonyl (C=O) groups is 5. The van der Waals surface area contributed by atoms with Crippen molar-refractivity contribution in [2.24, 2.45) is 20.7 Å². The molecule has 10 aliphatic rings. The van der Waals surface area contributed by atoms with Crippen molar-refractivity contribution in [3.63, 3.8) is 0 Å². The van der Waals surface area contributed by atoms with Crippen molar-refractivity contribution >= 4 is 115 Å². The molecule has 0 radical (unpaired) electrons. The highest BCUT2D eigenvalue weighted by Crippen LogP contribution is 2.50. The van der Waals surface area contributed by atoms with E-state index in [2.05, 4.69) is 41.6 Å². The van der Waals surface area contributed by atoms with Gasteiger partial charge in [-0.25, -0.2) is 0 Å². The Morgan fingerprint density at radius 2 is 0.593 bits per heavy atom. The SMILES string of the molecule is CN=C1C(=C2Cc3ccccc3N2)C(=O)C(CCO)N1c1cc(OC)cc(OC)c1.CN=C1C(=C2Cc3ccccc3N2)C(=O)[C@@](C)(CO)N1c1cc(OC)cc(OC)c1.CN=C1C(=C2Cc3ccccc3N2)C(=O)[C@](C)(CO)N1c1cc(OC)cc(OC)c1.COc1cc(OC)cc(N2C(=N)C(=C3Cc4ccccc4N3)C(=O)C2(C)CCO)c1.COc1cc(OC)cc(N2C(=N)C(=C3Cc4ccccc4N3)C(=O)C2CCCN)c1. The van der Waals surface area contributed by atoms with Gasteiger partial charge in [0.15, 0.2) is 28.9 Å². The first-order valence-corrected chi connectivity index (χ1v) is 49.0. The van der Waals surface area contributed by atoms with Gasteiger partial charge in [-0.05, 0) is 105 Å². The molecule has 0 saturated carbocycles. The minimum atomic E-state index is -1.20. The van der Waals surface area contributed by atoms with Crippen LogP contribution in [0.15, 0.2) is 284 Å². The van der Waals surface area contributed by atoms with E-state index in [1.54, 1.807) is 199 Å². The average Bonchev–Trinajstić information content (AvgIpc) is 1.57. The van der Waals surface area contributed by atoms with Crippen LogP contribution in [0.3, 0.4) is 0 Å². The summed E-state index contributed by atoms with van der Waals surface area (Å²) in [5.74, 6) is 7.11. The highest BCUT2D eigenvalue weighted by Gasteiger charge is 2.57. The summed E-state index contributed by atoms with van der Waals surface area (Å²) in [6, 6.07) is 65.6. The number of hydrogen-bond donors (Lipinski definition) is 12. The van der Waals surface area contributed by atoms with E-state index in [1.165, 1.54) is 0 Å². The maximum Gasteiger partial charge on any atom is 0.196 e. The minimum absolute atomic E-state index is 0.0504. The molecule has 3 unspecified atom stereocenters. The predicted molar refractivity (Wildman–Crippen MR) is 583 cm³/mol. The quantitative estimate of drug-likeness (QED) is 0.0250. The molecule has 35 heteroatoms. The second-order valence-electron chi connectivity index (χ2n) is 37.3. The Kier molecular flexibility index (Phi) is 32.1. The number of ketones is 5. The van der Waals surface area contributed by atoms with E-state index < -0.39 is 28.7 Å². The summed E-state index contributed by atoms with van der Waals surface area (Å²) in [5, 5.41) is 74.6. The van der Waals surface area contributed by atoms with Crippen molar-refractivity contribution in [1.82, 2.24) is 0 Å². The van der Waals surface area contributed by atoms with Gasteiger partial charge in [0.1, 0.15) is 109 Å². The van der Waals surface area contributed by atoms with E-state index in [0.29, 0.717) is 189 Å². The normalized spacial score (nSPS) is 22.7. The zero-order chi connectivity index (χ0) is 107. The largest absolute Gasteiger partial charge is 0.497 e. The van der Waals surface area contributed by atoms with Crippen LogP contribution in [0.5, 0.6) is 57.5 Å². The molecule has 0 spiro atoms. The van der Waals surface area contributed by atoms with Crippen molar-refractivity contribution in [2.75, 3.05) is 176 Å². The van der Waals surface area contributed by atoms with Crippen molar-refractivity contribution in [2.45, 2.75) is 107 Å². The highest BCUT2D eigenvalue weighted by molar-refractivity contribution is 6.41. The highest BCUT2D eigenvalue weighted by atomic mass is 16.5. The smallest absolute Gasteiger partial charge is 0.196 e. The molecule has 5 fully saturated rings. The van der Waals surface area contributed by atoms with Crippen LogP contribution in [0.4, 0.5) is 56.9 Å². The predicted octanol–water partition coefficient (Wildman–Crippen LogP) is 14.6. The van der Waals surface area contributed by atoms with Crippen molar-refractivity contribution in [3.05, 3.63) is 296 Å². The van der Waals surface area contributed by atoms with Gasteiger partial charge in [-0.3, -0.25) is 49.8 Å². The molecule has 150 heavy (non-hydrogen) atoms. The second kappa shape index (κ2) is 45.4. The maximum atomic E-state index is 13.6. The number of Topliss-reactive ketones (excluding diaryl/α,β-unsaturated/α-hetero) is 5. The van der Waals surface area contributed by atoms with Gasteiger partial charge in [0.05, 0.1) is 147 Å². The number of benzene rings is 10. The number of aliphatic hydroxyl groups excluding tert-OH is 4. The van der Waals surface area contributed by atoms with Gasteiger partial charge in [0.2, 0.25) is 0 Å². The monoisotopic (exact) mass is 2030 g/mol. The Labute approximate surface area is 871 Å². The van der Waals surface area contributed by atoms with Crippen LogP contribution in [-0.2, 0) is 56.1 Å². The number of nitrogens with zero attached hydrogens (tertiary/aromatic N) is 8. The Morgan fingerprint density at radius 1 is 0.327 bits per heavy atom. The van der Waals surface area contributed by atoms with Gasteiger partial charge in [-0.2, -0.15) is 0 Å². The van der Waals surface area contributed by atoms with Crippen LogP contribution in [0.1, 0.15) is 74.3 Å². The summed E-state index contributed by atoms with van der Waals surface area (Å²) in [6.07, 6.45) is 4.76. The third-order valence-corrected chi connectivity index (χ3v) is 28.4. The van der Waals surface area contributed by atoms with Gasteiger partial charge in [0, 0.05) is 221 Å². The Hall–Kier alpha value is -16.6. The van der Waals surface area contributed by atoms with Crippen LogP contribution in [0, 0.1) is 10.8 Å². The number of allylic oxidation sites excluding steroid dienone is 5. The zero-order valence-electron chi connectivity index (χ0n) is 86.8. The fourth-order valence-corrected chi connectivity index (χ4v) is 20.7. The van der Waals surface area contributed by atoms with Gasteiger partial charge in [-0.15, -0.1) is 0 Å². The molecular formula is C115H126N16O19. The summed E-state index contributed by atoms with van der Waals surface area (Å²) in [5.41, 5.74) is 22.3. The lowest BCUT2D eigenvalue weighted by molar-refractivity contribution is -0.120. The topological polar surface area (TPSA) is 446 Å². The molecule has 0 aliphatic carbocycles. The fraction of sp³-hybridized carbons (Fsp3) is 0.304. The van der Waals surface area contributed by atoms with E-state index >= 15 is 0 Å². The molecule has 10 aliphatic heterocycles. The summed E-state index contributed by atoms with van der Waals surface area (Å²) in [4.78, 5) is 90.1. The molecule has 20 rings (SSSR count). The number of amidine groups is 5. The van der Waals surface area contributed by atoms with Crippen LogP contribution in [-0.4, -0.2) is 232 Å². The lowest BCUT2D eigenvalue weighted by Crippen LogP contribution is -2.50. The lowest BCUT2D eigenvalue weighted by atomic mass is 9.90. The maximum absolute atomic E-state index is 13.6. The van der Waals surface area contributed by atoms with E-state index in [1.807, 2.05) is 150 Å². The number of nitrogens with two attached hydrogens (primary N) is 1. The molecule has 5 saturated heterocycles. The molecule has 780 valence electrons. The van der Waals surface area contributed by atoms with Crippen molar-refractivity contribution < 1.29 is 91.8 Å². The Morgan fingerprint density at radius 3 is 0.880 bits per heavy atom. The number of carbonyl (C=O) groups excluding carboxylic acids is 5. The van der Waals surface area contributed by atoms with Gasteiger partial charge in [0.25, 0.3) is 0 Å². The van der Waals surface area contributed by atoms with Crippen molar-refractivity contribution in [3.8, 4) is 57.5 Å². The summed E-state index contributed by atoms with van der Waals surface area (Å²) in [7, 11) is 20.7. The van der Waals surface area contributed by atoms with Gasteiger partial charge in [-0.1, -0.05) is 91.0 Å². The third kappa shape index (κ3) is 20.1. The number of nitrogens with one attached hydrogen (secondary N) is 7. The van der Waals surface area contributed by atoms with Crippen LogP contribution >= 0.6 is 0 Å². The van der Waals surface area contributed by atoms with Crippen LogP contribution < -0.4 is 104 Å². The number of ether oxygens (including phenoxy) is 10. The van der Waals surface area contributed by atoms with E-state index in [4.69, 9.17) is 63.9 Å². The van der Waals surface area contributed by atoms with Crippen LogP contribution in [0.2, 0.25) is 0 Å². The standard InChI is InChI=1S/C23H26N4O3.4C23H25N3O4/c1-29-16-11-15(12-17(13-16)30-2)27-20(8-5-9-24)22(28)21(23(27)25)19-10-14-6-3-4-7-18(14)26-19;2*1-23(13-27)21(28)20(19-9-14-7-5-6-8-18(14)25-19)22(24-2)26(23)15-10-16(29-3)12-17(11-15)30-4;1-23(8-9-27)21(28)20(19-10-14-6-4-5-7-18(14)25-19)22(24)26(23)15-11-16(29-2)13-17(12-15)30-3;1-24-23-21(19-10-14-6-4-5-7-18(14)25-19)22(28)20(8-9-27)26(23)15-11-16(29-2)13-17(12-15)30-3/h3-4,6-7,11-13,20,25-26H,5,8-10,24H2,1-2H3;2*5-8,10-12,25,27H,9,13H2,1-4H3;4-7,11-13,24-25,27H,8-10H2,1-3H3;4-7,11-13,20,25,27H,8-10H2,1-3H3/t;2*23-;;/m.10../s1. The number of rotatable bonds is 24. The van der Waals surface area contributed by atoms with E-state index in [-0.39, 0.29) is 73.4 Å². The number of aliphatic hydroxyl groups is 4. The molecule has 0 bridgehead atoms. The van der Waals surface area contributed by atoms with Crippen LogP contribution in [0.25, 0.3) is 0 Å². The fourth-order valence-electron chi connectivity index (χ4n) is 20.7. The Bertz CT molecular complexity index is 6830. The molecule has 5 atom stereocenters. The summed E-state index contributed by atoms with van der Waals surface area (Å²) in [6.45, 7) is 4.68. The lowest BCUT2D eigenvalue weighted by Gasteiger charge is -2.34. The molecule has 35 nitrogen and oxygen atoms in total. The number of fused-ring (bicyclic) bond motifs is 5. The molecule has 10 aromatic rings. The molecule has 0 amide bonds. The second-order valence-corrected chi connectivity index (χ2v) is 37.3. The molecule has 10 aromatic carbocycles. The average molecular weight is 2040 g/mol. The number of para-hydroxylation sites is 5. The number of methoxy groups -OCH3 is 10. The first-order chi connectivity index (χ1) is 72.5. The summed E-state index contributed by atoms with van der Waals surface area (Å²) >= 11 is 0. The van der Waals surface area contributed by atoms with E-state index in [9.17, 15) is 44.4 Å². The zero-order valence-corrected chi connectivity index (χ0v) is 86.8. The number of hydrogen-bond acceptors (Lipinski definition) is 30. The molecule has 13 N–H and O–H groups in total. The first kappa shape index (κ1) is 106. The third-order valence-electron chi connectivity index (χ3n) is 28.4. The minimum Gasteiger partial charge on any atom is -0.497 e. The summed E-state index contributed by atoms with van der Waals surface area (Å²) < 4.78 is 54.0.